The van der Waals surface area contributed by atoms with Gasteiger partial charge in [-0.2, -0.15) is 0 Å². The highest BCUT2D eigenvalue weighted by Gasteiger charge is 2.19. The molecule has 1 aliphatic heterocycles. The van der Waals surface area contributed by atoms with Crippen molar-refractivity contribution in [1.29, 1.82) is 0 Å². The summed E-state index contributed by atoms with van der Waals surface area (Å²) in [5.41, 5.74) is 1.50. The first-order chi connectivity index (χ1) is 11.1. The van der Waals surface area contributed by atoms with Crippen LogP contribution in [0.5, 0.6) is 11.5 Å². The molecule has 2 aromatic rings. The van der Waals surface area contributed by atoms with Gasteiger partial charge < -0.3 is 14.8 Å². The van der Waals surface area contributed by atoms with E-state index in [1.165, 1.54) is 0 Å². The molecule has 120 valence electrons. The van der Waals surface area contributed by atoms with Crippen LogP contribution >= 0.6 is 11.6 Å². The Morgan fingerprint density at radius 1 is 1.17 bits per heavy atom. The number of ether oxygens (including phenoxy) is 2. The summed E-state index contributed by atoms with van der Waals surface area (Å²) in [6.07, 6.45) is 0.789. The van der Waals surface area contributed by atoms with Gasteiger partial charge in [-0.05, 0) is 24.6 Å². The van der Waals surface area contributed by atoms with Crippen LogP contribution < -0.4 is 14.8 Å². The second-order valence-electron chi connectivity index (χ2n) is 5.44. The molecule has 0 bridgehead atoms. The molecule has 5 heteroatoms. The standard InChI is InChI=1S/C18H18ClNO3/c1-12(13-6-3-2-4-7-13)20-18(21)14-10-15(19)17-16(11-14)22-8-5-9-23-17/h2-4,6-7,10-12H,5,8-9H2,1H3,(H,20,21). The number of rotatable bonds is 3. The average molecular weight is 332 g/mol. The SMILES string of the molecule is CC(NC(=O)c1cc(Cl)c2c(c1)OCCCO2)c1ccccc1. The molecule has 0 fully saturated rings. The number of nitrogens with one attached hydrogen (secondary N) is 1. The van der Waals surface area contributed by atoms with Gasteiger partial charge in [0.25, 0.3) is 5.91 Å². The zero-order valence-electron chi connectivity index (χ0n) is 12.8. The third-order valence-corrected chi connectivity index (χ3v) is 3.99. The Labute approximate surface area is 140 Å². The lowest BCUT2D eigenvalue weighted by molar-refractivity contribution is 0.0939. The molecule has 0 spiro atoms. The maximum Gasteiger partial charge on any atom is 0.251 e. The smallest absolute Gasteiger partial charge is 0.251 e. The van der Waals surface area contributed by atoms with Crippen molar-refractivity contribution >= 4 is 17.5 Å². The summed E-state index contributed by atoms with van der Waals surface area (Å²) in [6.45, 7) is 3.05. The molecule has 0 saturated heterocycles. The van der Waals surface area contributed by atoms with Crippen LogP contribution in [0.15, 0.2) is 42.5 Å². The Morgan fingerprint density at radius 2 is 1.91 bits per heavy atom. The third-order valence-electron chi connectivity index (χ3n) is 3.71. The van der Waals surface area contributed by atoms with Crippen LogP contribution in [0.2, 0.25) is 5.02 Å². The Hall–Kier alpha value is -2.20. The molecule has 1 heterocycles. The highest BCUT2D eigenvalue weighted by molar-refractivity contribution is 6.32. The van der Waals surface area contributed by atoms with E-state index in [0.717, 1.165) is 12.0 Å². The first-order valence-corrected chi connectivity index (χ1v) is 7.98. The molecule has 1 unspecified atom stereocenters. The van der Waals surface area contributed by atoms with Crippen LogP contribution in [0.4, 0.5) is 0 Å². The summed E-state index contributed by atoms with van der Waals surface area (Å²) >= 11 is 6.23. The summed E-state index contributed by atoms with van der Waals surface area (Å²) in [4.78, 5) is 12.5. The van der Waals surface area contributed by atoms with Crippen molar-refractivity contribution in [1.82, 2.24) is 5.32 Å². The van der Waals surface area contributed by atoms with Crippen molar-refractivity contribution in [2.45, 2.75) is 19.4 Å². The first-order valence-electron chi connectivity index (χ1n) is 7.60. The van der Waals surface area contributed by atoms with E-state index in [1.54, 1.807) is 12.1 Å². The number of hydrogen-bond acceptors (Lipinski definition) is 3. The quantitative estimate of drug-likeness (QED) is 0.925. The highest BCUT2D eigenvalue weighted by atomic mass is 35.5. The fraction of sp³-hybridized carbons (Fsp3) is 0.278. The molecule has 2 aromatic carbocycles. The van der Waals surface area contributed by atoms with Crippen molar-refractivity contribution in [3.05, 3.63) is 58.6 Å². The van der Waals surface area contributed by atoms with Crippen molar-refractivity contribution in [2.24, 2.45) is 0 Å². The predicted octanol–water partition coefficient (Wildman–Crippen LogP) is 3.99. The van der Waals surface area contributed by atoms with E-state index in [1.807, 2.05) is 37.3 Å². The van der Waals surface area contributed by atoms with E-state index in [2.05, 4.69) is 5.32 Å². The summed E-state index contributed by atoms with van der Waals surface area (Å²) in [5, 5.41) is 3.36. The molecule has 0 aliphatic carbocycles. The fourth-order valence-electron chi connectivity index (χ4n) is 2.47. The molecule has 1 aliphatic rings. The third kappa shape index (κ3) is 3.59. The maximum absolute atomic E-state index is 12.5. The van der Waals surface area contributed by atoms with Gasteiger partial charge in [-0.25, -0.2) is 0 Å². The maximum atomic E-state index is 12.5. The van der Waals surface area contributed by atoms with Gasteiger partial charge in [-0.15, -0.1) is 0 Å². The minimum atomic E-state index is -0.195. The van der Waals surface area contributed by atoms with Gasteiger partial charge in [-0.3, -0.25) is 4.79 Å². The highest BCUT2D eigenvalue weighted by Crippen LogP contribution is 2.38. The van der Waals surface area contributed by atoms with Crippen LogP contribution in [-0.4, -0.2) is 19.1 Å². The summed E-state index contributed by atoms with van der Waals surface area (Å²) in [6, 6.07) is 13.0. The average Bonchev–Trinajstić information content (AvgIpc) is 2.81. The summed E-state index contributed by atoms with van der Waals surface area (Å²) in [7, 11) is 0. The molecule has 1 N–H and O–H groups in total. The van der Waals surface area contributed by atoms with Gasteiger partial charge in [0, 0.05) is 12.0 Å². The van der Waals surface area contributed by atoms with Crippen LogP contribution in [-0.2, 0) is 0 Å². The molecule has 3 rings (SSSR count). The molecule has 1 atom stereocenters. The topological polar surface area (TPSA) is 47.6 Å². The zero-order chi connectivity index (χ0) is 16.2. The van der Waals surface area contributed by atoms with E-state index >= 15 is 0 Å². The molecule has 0 saturated carbocycles. The summed E-state index contributed by atoms with van der Waals surface area (Å²) in [5.74, 6) is 0.836. The number of carbonyl (C=O) groups excluding carboxylic acids is 1. The Balaban J connectivity index is 1.80. The molecule has 23 heavy (non-hydrogen) atoms. The fourth-order valence-corrected chi connectivity index (χ4v) is 2.73. The monoisotopic (exact) mass is 331 g/mol. The first kappa shape index (κ1) is 15.7. The van der Waals surface area contributed by atoms with Crippen LogP contribution in [0.1, 0.15) is 35.3 Å². The van der Waals surface area contributed by atoms with E-state index in [-0.39, 0.29) is 11.9 Å². The van der Waals surface area contributed by atoms with Crippen LogP contribution in [0.3, 0.4) is 0 Å². The molecule has 0 radical (unpaired) electrons. The molecule has 1 amide bonds. The molecular weight excluding hydrogens is 314 g/mol. The van der Waals surface area contributed by atoms with E-state index in [9.17, 15) is 4.79 Å². The van der Waals surface area contributed by atoms with Gasteiger partial charge in [0.15, 0.2) is 11.5 Å². The second-order valence-corrected chi connectivity index (χ2v) is 5.85. The lowest BCUT2D eigenvalue weighted by Gasteiger charge is -2.16. The molecule has 4 nitrogen and oxygen atoms in total. The Bertz CT molecular complexity index is 703. The van der Waals surface area contributed by atoms with Crippen LogP contribution in [0.25, 0.3) is 0 Å². The van der Waals surface area contributed by atoms with Crippen LogP contribution in [0, 0.1) is 0 Å². The van der Waals surface area contributed by atoms with Gasteiger partial charge in [-0.1, -0.05) is 41.9 Å². The van der Waals surface area contributed by atoms with Gasteiger partial charge in [0.1, 0.15) is 0 Å². The number of halogens is 1. The lowest BCUT2D eigenvalue weighted by Crippen LogP contribution is -2.26. The van der Waals surface area contributed by atoms with Gasteiger partial charge in [0.05, 0.1) is 24.3 Å². The number of fused-ring (bicyclic) bond motifs is 1. The largest absolute Gasteiger partial charge is 0.489 e. The Morgan fingerprint density at radius 3 is 2.70 bits per heavy atom. The zero-order valence-corrected chi connectivity index (χ0v) is 13.6. The number of hydrogen-bond donors (Lipinski definition) is 1. The molecular formula is C18H18ClNO3. The normalized spacial score (nSPS) is 14.7. The lowest BCUT2D eigenvalue weighted by atomic mass is 10.1. The van der Waals surface area contributed by atoms with Crippen molar-refractivity contribution in [2.75, 3.05) is 13.2 Å². The summed E-state index contributed by atoms with van der Waals surface area (Å²) < 4.78 is 11.2. The van der Waals surface area contributed by atoms with Crippen molar-refractivity contribution in [3.8, 4) is 11.5 Å². The predicted molar refractivity (Wildman–Crippen MR) is 89.4 cm³/mol. The van der Waals surface area contributed by atoms with E-state index in [4.69, 9.17) is 21.1 Å². The number of benzene rings is 2. The number of carbonyl (C=O) groups is 1. The molecule has 0 aromatic heterocycles. The Kier molecular flexibility index (Phi) is 4.72. The van der Waals surface area contributed by atoms with E-state index < -0.39 is 0 Å². The van der Waals surface area contributed by atoms with Gasteiger partial charge >= 0.3 is 0 Å². The number of amides is 1. The van der Waals surface area contributed by atoms with Crippen molar-refractivity contribution < 1.29 is 14.3 Å². The minimum absolute atomic E-state index is 0.0987. The van der Waals surface area contributed by atoms with Crippen molar-refractivity contribution in [3.63, 3.8) is 0 Å². The van der Waals surface area contributed by atoms with E-state index in [0.29, 0.717) is 35.3 Å². The van der Waals surface area contributed by atoms with Gasteiger partial charge in [0.2, 0.25) is 0 Å². The second kappa shape index (κ2) is 6.92. The minimum Gasteiger partial charge on any atom is -0.489 e.